The number of amides is 1. The number of thioether (sulfide) groups is 1. The van der Waals surface area contributed by atoms with E-state index in [1.807, 2.05) is 51.2 Å². The van der Waals surface area contributed by atoms with Crippen LogP contribution in [-0.2, 0) is 24.8 Å². The summed E-state index contributed by atoms with van der Waals surface area (Å²) in [5.41, 5.74) is 1.51. The van der Waals surface area contributed by atoms with E-state index in [0.717, 1.165) is 42.5 Å². The maximum Gasteiger partial charge on any atom is 0.295 e. The van der Waals surface area contributed by atoms with E-state index in [1.165, 1.54) is 18.2 Å². The van der Waals surface area contributed by atoms with E-state index in [2.05, 4.69) is 20.1 Å². The third kappa shape index (κ3) is 3.81. The van der Waals surface area contributed by atoms with Gasteiger partial charge in [0.2, 0.25) is 5.91 Å². The lowest BCUT2D eigenvalue weighted by atomic mass is 10.2. The van der Waals surface area contributed by atoms with Gasteiger partial charge in [-0.2, -0.15) is 0 Å². The summed E-state index contributed by atoms with van der Waals surface area (Å²) in [6, 6.07) is 9.38. The first kappa shape index (κ1) is 20.5. The van der Waals surface area contributed by atoms with Crippen molar-refractivity contribution >= 4 is 23.4 Å². The Hall–Kier alpha value is -2.81. The fraction of sp³-hybridized carbons (Fsp3) is 0.429. The van der Waals surface area contributed by atoms with E-state index < -0.39 is 5.25 Å². The Kier molecular flexibility index (Phi) is 5.80. The van der Waals surface area contributed by atoms with Gasteiger partial charge in [0, 0.05) is 20.0 Å². The van der Waals surface area contributed by atoms with Crippen LogP contribution in [0.2, 0.25) is 0 Å². The van der Waals surface area contributed by atoms with E-state index in [1.54, 1.807) is 9.36 Å². The number of rotatable bonds is 5. The average molecular weight is 427 g/mol. The molecule has 2 aromatic heterocycles. The molecule has 4 rings (SSSR count). The molecule has 3 aromatic rings. The first-order valence-electron chi connectivity index (χ1n) is 10.2. The average Bonchev–Trinajstić information content (AvgIpc) is 3.09. The zero-order chi connectivity index (χ0) is 21.3. The molecular formula is C21H26N6O2S. The highest BCUT2D eigenvalue weighted by molar-refractivity contribution is 8.00. The van der Waals surface area contributed by atoms with Gasteiger partial charge in [0.15, 0.2) is 5.16 Å². The van der Waals surface area contributed by atoms with Gasteiger partial charge in [0.05, 0.1) is 16.6 Å². The van der Waals surface area contributed by atoms with Crippen LogP contribution >= 0.6 is 11.8 Å². The first-order valence-corrected chi connectivity index (χ1v) is 11.1. The third-order valence-electron chi connectivity index (χ3n) is 5.53. The van der Waals surface area contributed by atoms with Crippen molar-refractivity contribution < 1.29 is 4.79 Å². The van der Waals surface area contributed by atoms with Gasteiger partial charge in [-0.15, -0.1) is 10.2 Å². The number of hydrogen-bond donors (Lipinski definition) is 1. The Balaban J connectivity index is 1.53. The van der Waals surface area contributed by atoms with Crippen LogP contribution in [0.25, 0.3) is 5.69 Å². The van der Waals surface area contributed by atoms with Gasteiger partial charge >= 0.3 is 0 Å². The maximum absolute atomic E-state index is 13.0. The molecule has 1 aliphatic heterocycles. The largest absolute Gasteiger partial charge is 0.319 e. The van der Waals surface area contributed by atoms with Crippen LogP contribution in [0, 0.1) is 6.92 Å². The van der Waals surface area contributed by atoms with E-state index in [4.69, 9.17) is 0 Å². The second-order valence-corrected chi connectivity index (χ2v) is 8.85. The summed E-state index contributed by atoms with van der Waals surface area (Å²) in [6.45, 7) is 4.54. The molecule has 0 radical (unpaired) electrons. The summed E-state index contributed by atoms with van der Waals surface area (Å²) < 4.78 is 5.43. The molecule has 0 fully saturated rings. The number of nitrogens with one attached hydrogen (secondary N) is 1. The molecule has 0 saturated heterocycles. The van der Waals surface area contributed by atoms with E-state index >= 15 is 0 Å². The van der Waals surface area contributed by atoms with Crippen molar-refractivity contribution in [3.63, 3.8) is 0 Å². The Bertz CT molecular complexity index is 1110. The summed E-state index contributed by atoms with van der Waals surface area (Å²) >= 11 is 1.38. The van der Waals surface area contributed by atoms with Gasteiger partial charge in [-0.25, -0.2) is 4.68 Å². The van der Waals surface area contributed by atoms with Gasteiger partial charge in [-0.05, 0) is 38.8 Å². The molecule has 9 heteroatoms. The van der Waals surface area contributed by atoms with Crippen LogP contribution in [-0.4, -0.2) is 35.3 Å². The third-order valence-corrected chi connectivity index (χ3v) is 6.61. The molecule has 3 heterocycles. The molecule has 0 saturated carbocycles. The highest BCUT2D eigenvalue weighted by Gasteiger charge is 2.24. The summed E-state index contributed by atoms with van der Waals surface area (Å²) in [6.07, 6.45) is 4.34. The lowest BCUT2D eigenvalue weighted by molar-refractivity contribution is -0.115. The number of anilines is 1. The van der Waals surface area contributed by atoms with Crippen molar-refractivity contribution in [3.05, 3.63) is 52.2 Å². The minimum absolute atomic E-state index is 0.225. The fourth-order valence-electron chi connectivity index (χ4n) is 3.69. The normalized spacial score (nSPS) is 14.8. The summed E-state index contributed by atoms with van der Waals surface area (Å²) in [5, 5.41) is 11.8. The molecule has 158 valence electrons. The maximum atomic E-state index is 13.0. The molecule has 1 amide bonds. The van der Waals surface area contributed by atoms with Gasteiger partial charge in [0.1, 0.15) is 11.5 Å². The number of nitrogens with zero attached hydrogens (tertiary/aromatic N) is 5. The zero-order valence-corrected chi connectivity index (χ0v) is 18.3. The zero-order valence-electron chi connectivity index (χ0n) is 17.5. The van der Waals surface area contributed by atoms with Crippen molar-refractivity contribution in [2.45, 2.75) is 56.5 Å². The van der Waals surface area contributed by atoms with Crippen molar-refractivity contribution in [1.29, 1.82) is 0 Å². The summed E-state index contributed by atoms with van der Waals surface area (Å²) in [7, 11) is 1.81. The molecule has 1 atom stereocenters. The molecule has 0 spiro atoms. The molecule has 0 unspecified atom stereocenters. The van der Waals surface area contributed by atoms with Crippen molar-refractivity contribution in [2.75, 3.05) is 5.32 Å². The Morgan fingerprint density at radius 3 is 2.70 bits per heavy atom. The second kappa shape index (κ2) is 8.51. The van der Waals surface area contributed by atoms with Crippen molar-refractivity contribution in [2.24, 2.45) is 7.05 Å². The Morgan fingerprint density at radius 2 is 1.93 bits per heavy atom. The molecule has 1 aromatic carbocycles. The fourth-order valence-corrected chi connectivity index (χ4v) is 4.59. The quantitative estimate of drug-likeness (QED) is 0.634. The standard InChI is InChI=1S/C21H26N6O2S/c1-14-18(20(29)27(25(14)3)16-10-6-4-7-11-16)22-19(28)15(2)30-21-24-23-17-12-8-5-9-13-26(17)21/h4,6-7,10-11,15H,5,8-9,12-13H2,1-3H3,(H,22,28)/t15-/m1/s1. The highest BCUT2D eigenvalue weighted by Crippen LogP contribution is 2.26. The molecule has 30 heavy (non-hydrogen) atoms. The predicted octanol–water partition coefficient (Wildman–Crippen LogP) is 2.92. The SMILES string of the molecule is Cc1c(NC(=O)[C@@H](C)Sc2nnc3n2CCCCC3)c(=O)n(-c2ccccc2)n1C. The number of aryl methyl sites for hydroxylation is 1. The minimum atomic E-state index is -0.411. The predicted molar refractivity (Wildman–Crippen MR) is 117 cm³/mol. The Morgan fingerprint density at radius 1 is 1.17 bits per heavy atom. The molecule has 1 N–H and O–H groups in total. The van der Waals surface area contributed by atoms with Gasteiger partial charge in [0.25, 0.3) is 5.56 Å². The van der Waals surface area contributed by atoms with Crippen LogP contribution in [0.5, 0.6) is 0 Å². The minimum Gasteiger partial charge on any atom is -0.319 e. The number of benzene rings is 1. The van der Waals surface area contributed by atoms with Crippen LogP contribution in [0.3, 0.4) is 0 Å². The van der Waals surface area contributed by atoms with Gasteiger partial charge in [-0.1, -0.05) is 36.4 Å². The van der Waals surface area contributed by atoms with Crippen molar-refractivity contribution in [1.82, 2.24) is 24.1 Å². The number of carbonyl (C=O) groups excluding carboxylic acids is 1. The summed E-state index contributed by atoms with van der Waals surface area (Å²) in [5.74, 6) is 0.768. The van der Waals surface area contributed by atoms with E-state index in [9.17, 15) is 9.59 Å². The van der Waals surface area contributed by atoms with Crippen LogP contribution in [0.4, 0.5) is 5.69 Å². The molecule has 1 aliphatic rings. The number of fused-ring (bicyclic) bond motifs is 1. The second-order valence-electron chi connectivity index (χ2n) is 7.55. The van der Waals surface area contributed by atoms with Crippen LogP contribution < -0.4 is 10.9 Å². The number of hydrogen-bond acceptors (Lipinski definition) is 5. The van der Waals surface area contributed by atoms with Crippen LogP contribution in [0.15, 0.2) is 40.3 Å². The van der Waals surface area contributed by atoms with Crippen LogP contribution in [0.1, 0.15) is 37.7 Å². The highest BCUT2D eigenvalue weighted by atomic mass is 32.2. The molecule has 8 nitrogen and oxygen atoms in total. The van der Waals surface area contributed by atoms with E-state index in [-0.39, 0.29) is 11.5 Å². The number of para-hydroxylation sites is 1. The van der Waals surface area contributed by atoms with E-state index in [0.29, 0.717) is 11.4 Å². The molecular weight excluding hydrogens is 400 g/mol. The van der Waals surface area contributed by atoms with Crippen molar-refractivity contribution in [3.8, 4) is 5.69 Å². The molecule has 0 aliphatic carbocycles. The number of carbonyl (C=O) groups is 1. The monoisotopic (exact) mass is 426 g/mol. The van der Waals surface area contributed by atoms with Gasteiger partial charge in [-0.3, -0.25) is 14.3 Å². The van der Waals surface area contributed by atoms with Gasteiger partial charge < -0.3 is 9.88 Å². The lowest BCUT2D eigenvalue weighted by Gasteiger charge is -2.12. The Labute approximate surface area is 179 Å². The first-order chi connectivity index (χ1) is 14.5. The summed E-state index contributed by atoms with van der Waals surface area (Å²) in [4.78, 5) is 25.9. The topological polar surface area (TPSA) is 86.7 Å². The number of aromatic nitrogens is 5. The smallest absolute Gasteiger partial charge is 0.295 e. The molecule has 0 bridgehead atoms. The lowest BCUT2D eigenvalue weighted by Crippen LogP contribution is -2.27.